The van der Waals surface area contributed by atoms with E-state index in [0.717, 1.165) is 0 Å². The fourth-order valence-electron chi connectivity index (χ4n) is 2.75. The van der Waals surface area contributed by atoms with E-state index in [1.807, 2.05) is 0 Å². The lowest BCUT2D eigenvalue weighted by Crippen LogP contribution is -2.48. The zero-order chi connectivity index (χ0) is 18.6. The zero-order valence-corrected chi connectivity index (χ0v) is 14.6. The molecule has 134 valence electrons. The molecule has 1 aromatic carbocycles. The molecule has 1 aliphatic rings. The second kappa shape index (κ2) is 8.02. The summed E-state index contributed by atoms with van der Waals surface area (Å²) in [5.41, 5.74) is 6.27. The Kier molecular flexibility index (Phi) is 6.03. The molecule has 2 rings (SSSR count). The highest BCUT2D eigenvalue weighted by Gasteiger charge is 2.47. The smallest absolute Gasteiger partial charge is 0.338 e. The third-order valence-corrected chi connectivity index (χ3v) is 4.10. The van der Waals surface area contributed by atoms with Crippen LogP contribution in [0.15, 0.2) is 35.7 Å². The number of nitrogens with two attached hydrogens (primary N) is 1. The quantitative estimate of drug-likeness (QED) is 0.603. The summed E-state index contributed by atoms with van der Waals surface area (Å²) < 4.78 is 10.1. The van der Waals surface area contributed by atoms with Crippen molar-refractivity contribution in [3.05, 3.63) is 46.2 Å². The normalized spacial score (nSPS) is 20.0. The molecule has 0 fully saturated rings. The lowest BCUT2D eigenvalue weighted by atomic mass is 9.77. The Morgan fingerprint density at radius 1 is 1.20 bits per heavy atom. The molecule has 1 heterocycles. The summed E-state index contributed by atoms with van der Waals surface area (Å²) in [6.07, 6.45) is 0. The van der Waals surface area contributed by atoms with Gasteiger partial charge < -0.3 is 20.5 Å². The van der Waals surface area contributed by atoms with Crippen LogP contribution in [0.3, 0.4) is 0 Å². The van der Waals surface area contributed by atoms with E-state index in [1.54, 1.807) is 38.1 Å². The highest BCUT2D eigenvalue weighted by Crippen LogP contribution is 2.40. The molecule has 25 heavy (non-hydrogen) atoms. The summed E-state index contributed by atoms with van der Waals surface area (Å²) in [5.74, 6) is -4.60. The van der Waals surface area contributed by atoms with Gasteiger partial charge in [-0.05, 0) is 25.5 Å². The van der Waals surface area contributed by atoms with E-state index in [0.29, 0.717) is 10.6 Å². The molecule has 3 N–H and O–H groups in total. The molecule has 0 aliphatic carbocycles. The van der Waals surface area contributed by atoms with E-state index in [9.17, 15) is 14.4 Å². The van der Waals surface area contributed by atoms with Crippen molar-refractivity contribution in [2.24, 2.45) is 11.7 Å². The highest BCUT2D eigenvalue weighted by molar-refractivity contribution is 6.31. The molecule has 1 aromatic rings. The average Bonchev–Trinajstić information content (AvgIpc) is 2.54. The number of halogens is 1. The van der Waals surface area contributed by atoms with Gasteiger partial charge in [-0.1, -0.05) is 29.8 Å². The Balaban J connectivity index is 2.64. The van der Waals surface area contributed by atoms with Gasteiger partial charge in [-0.25, -0.2) is 4.79 Å². The van der Waals surface area contributed by atoms with Gasteiger partial charge in [0.15, 0.2) is 0 Å². The first kappa shape index (κ1) is 18.8. The molecule has 7 nitrogen and oxygen atoms in total. The minimum atomic E-state index is -1.30. The van der Waals surface area contributed by atoms with Crippen LogP contribution < -0.4 is 11.1 Å². The molecule has 2 atom stereocenters. The minimum absolute atomic E-state index is 0.0207. The summed E-state index contributed by atoms with van der Waals surface area (Å²) in [5, 5.41) is 2.65. The van der Waals surface area contributed by atoms with Crippen molar-refractivity contribution in [2.75, 3.05) is 13.2 Å². The molecule has 2 unspecified atom stereocenters. The topological polar surface area (TPSA) is 108 Å². The molecule has 0 saturated carbocycles. The minimum Gasteiger partial charge on any atom is -0.465 e. The van der Waals surface area contributed by atoms with Crippen molar-refractivity contribution < 1.29 is 23.9 Å². The van der Waals surface area contributed by atoms with Gasteiger partial charge >= 0.3 is 11.9 Å². The lowest BCUT2D eigenvalue weighted by Gasteiger charge is -2.32. The summed E-state index contributed by atoms with van der Waals surface area (Å²) in [6.45, 7) is 3.47. The lowest BCUT2D eigenvalue weighted by molar-refractivity contribution is -0.153. The fourth-order valence-corrected chi connectivity index (χ4v) is 3.00. The van der Waals surface area contributed by atoms with E-state index >= 15 is 0 Å². The number of esters is 2. The van der Waals surface area contributed by atoms with Gasteiger partial charge in [-0.3, -0.25) is 9.59 Å². The standard InChI is InChI=1S/C17H19ClN2O5/c1-3-24-16(22)12-11(9-7-5-6-8-10(9)18)13(17(23)25-4-2)15(21)20-14(12)19/h5-8,11,13H,3-4,19H2,1-2H3,(H,20,21). The number of rotatable bonds is 5. The van der Waals surface area contributed by atoms with Gasteiger partial charge in [0.2, 0.25) is 5.91 Å². The highest BCUT2D eigenvalue weighted by atomic mass is 35.5. The maximum Gasteiger partial charge on any atom is 0.338 e. The third-order valence-electron chi connectivity index (χ3n) is 3.75. The van der Waals surface area contributed by atoms with E-state index in [1.165, 1.54) is 0 Å². The Hall–Kier alpha value is -2.54. The molecule has 1 aliphatic heterocycles. The number of carbonyl (C=O) groups excluding carboxylic acids is 3. The first-order chi connectivity index (χ1) is 11.9. The van der Waals surface area contributed by atoms with Crippen molar-refractivity contribution in [1.29, 1.82) is 0 Å². The number of hydrogen-bond donors (Lipinski definition) is 2. The third kappa shape index (κ3) is 3.76. The molecule has 0 aromatic heterocycles. The van der Waals surface area contributed by atoms with Crippen LogP contribution in [-0.4, -0.2) is 31.1 Å². The number of benzene rings is 1. The molecule has 0 saturated heterocycles. The number of carbonyl (C=O) groups is 3. The Morgan fingerprint density at radius 2 is 1.84 bits per heavy atom. The second-order valence-corrected chi connectivity index (χ2v) is 5.67. The monoisotopic (exact) mass is 366 g/mol. The zero-order valence-electron chi connectivity index (χ0n) is 13.9. The fraction of sp³-hybridized carbons (Fsp3) is 0.353. The van der Waals surface area contributed by atoms with Gasteiger partial charge in [-0.15, -0.1) is 0 Å². The Morgan fingerprint density at radius 3 is 2.44 bits per heavy atom. The number of hydrogen-bond acceptors (Lipinski definition) is 6. The van der Waals surface area contributed by atoms with Crippen molar-refractivity contribution in [1.82, 2.24) is 5.32 Å². The molecule has 0 bridgehead atoms. The van der Waals surface area contributed by atoms with E-state index in [-0.39, 0.29) is 24.6 Å². The molecular formula is C17H19ClN2O5. The SMILES string of the molecule is CCOC(=O)C1=C(N)NC(=O)C(C(=O)OCC)C1c1ccccc1Cl. The van der Waals surface area contributed by atoms with Gasteiger partial charge in [0, 0.05) is 10.9 Å². The summed E-state index contributed by atoms with van der Waals surface area (Å²) in [7, 11) is 0. The van der Waals surface area contributed by atoms with Crippen LogP contribution in [0.2, 0.25) is 5.02 Å². The van der Waals surface area contributed by atoms with Crippen molar-refractivity contribution >= 4 is 29.4 Å². The first-order valence-corrected chi connectivity index (χ1v) is 8.18. The molecule has 1 amide bonds. The van der Waals surface area contributed by atoms with Crippen LogP contribution in [0.1, 0.15) is 25.3 Å². The van der Waals surface area contributed by atoms with Crippen LogP contribution >= 0.6 is 11.6 Å². The number of nitrogens with one attached hydrogen (secondary N) is 1. The largest absolute Gasteiger partial charge is 0.465 e. The predicted octanol–water partition coefficient (Wildman–Crippen LogP) is 1.47. The van der Waals surface area contributed by atoms with Crippen molar-refractivity contribution in [3.8, 4) is 0 Å². The molecule has 0 spiro atoms. The number of amides is 1. The van der Waals surface area contributed by atoms with Crippen molar-refractivity contribution in [3.63, 3.8) is 0 Å². The van der Waals surface area contributed by atoms with Crippen LogP contribution in [-0.2, 0) is 23.9 Å². The van der Waals surface area contributed by atoms with Crippen LogP contribution in [0.5, 0.6) is 0 Å². The molecular weight excluding hydrogens is 348 g/mol. The summed E-state index contributed by atoms with van der Waals surface area (Å²) in [6, 6.07) is 6.62. The Bertz CT molecular complexity index is 732. The van der Waals surface area contributed by atoms with Gasteiger partial charge in [0.05, 0.1) is 18.8 Å². The average molecular weight is 367 g/mol. The number of ether oxygens (including phenoxy) is 2. The van der Waals surface area contributed by atoms with Gasteiger partial charge in [0.1, 0.15) is 11.7 Å². The van der Waals surface area contributed by atoms with E-state index < -0.39 is 29.7 Å². The first-order valence-electron chi connectivity index (χ1n) is 7.81. The van der Waals surface area contributed by atoms with E-state index in [4.69, 9.17) is 26.8 Å². The predicted molar refractivity (Wildman–Crippen MR) is 90.3 cm³/mol. The summed E-state index contributed by atoms with van der Waals surface area (Å²) >= 11 is 6.25. The molecule has 0 radical (unpaired) electrons. The van der Waals surface area contributed by atoms with Crippen LogP contribution in [0, 0.1) is 5.92 Å². The summed E-state index contributed by atoms with van der Waals surface area (Å²) in [4.78, 5) is 37.2. The maximum atomic E-state index is 12.4. The van der Waals surface area contributed by atoms with Crippen molar-refractivity contribution in [2.45, 2.75) is 19.8 Å². The van der Waals surface area contributed by atoms with Crippen LogP contribution in [0.4, 0.5) is 0 Å². The van der Waals surface area contributed by atoms with Crippen LogP contribution in [0.25, 0.3) is 0 Å². The maximum absolute atomic E-state index is 12.4. The molecule has 8 heteroatoms. The van der Waals surface area contributed by atoms with Gasteiger partial charge in [0.25, 0.3) is 0 Å². The Labute approximate surface area is 150 Å². The van der Waals surface area contributed by atoms with E-state index in [2.05, 4.69) is 5.32 Å². The van der Waals surface area contributed by atoms with Gasteiger partial charge in [-0.2, -0.15) is 0 Å². The second-order valence-electron chi connectivity index (χ2n) is 5.27.